The van der Waals surface area contributed by atoms with Crippen molar-refractivity contribution in [3.05, 3.63) is 22.4 Å². The zero-order valence-electron chi connectivity index (χ0n) is 8.41. The Labute approximate surface area is 94.4 Å². The van der Waals surface area contributed by atoms with Crippen molar-refractivity contribution in [2.45, 2.75) is 6.54 Å². The smallest absolute Gasteiger partial charge is 0.0602 e. The zero-order valence-corrected chi connectivity index (χ0v) is 9.98. The molecule has 1 rings (SSSR count). The molecule has 1 aromatic heterocycles. The second-order valence-electron chi connectivity index (χ2n) is 3.17. The molecule has 1 aromatic rings. The summed E-state index contributed by atoms with van der Waals surface area (Å²) in [4.78, 5) is 2.25. The lowest BCUT2D eigenvalue weighted by Gasteiger charge is -2.15. The third-order valence-electron chi connectivity index (χ3n) is 1.87. The molecule has 0 atom stereocenters. The van der Waals surface area contributed by atoms with Crippen LogP contribution in [0.1, 0.15) is 5.56 Å². The monoisotopic (exact) mass is 233 g/mol. The normalized spacial score (nSPS) is 11.1. The zero-order chi connectivity index (χ0) is 10.2. The third kappa shape index (κ3) is 4.96. The molecule has 0 radical (unpaired) electrons. The first-order valence-electron chi connectivity index (χ1n) is 4.66. The van der Waals surface area contributed by atoms with Crippen LogP contribution < -0.4 is 0 Å². The highest BCUT2D eigenvalue weighted by molar-refractivity contribution is 7.07. The second-order valence-corrected chi connectivity index (χ2v) is 4.33. The first kappa shape index (κ1) is 12.0. The number of rotatable bonds is 7. The Hall–Kier alpha value is -0.0900. The van der Waals surface area contributed by atoms with Gasteiger partial charge in [0.25, 0.3) is 0 Å². The highest BCUT2D eigenvalue weighted by Crippen LogP contribution is 2.07. The van der Waals surface area contributed by atoms with Crippen LogP contribution >= 0.6 is 22.9 Å². The van der Waals surface area contributed by atoms with Crippen molar-refractivity contribution in [1.82, 2.24) is 4.90 Å². The predicted octanol–water partition coefficient (Wildman–Crippen LogP) is 2.44. The predicted molar refractivity (Wildman–Crippen MR) is 62.2 cm³/mol. The average Bonchev–Trinajstić information content (AvgIpc) is 2.65. The van der Waals surface area contributed by atoms with E-state index < -0.39 is 0 Å². The number of halogens is 1. The molecular formula is C10H16ClNOS. The summed E-state index contributed by atoms with van der Waals surface area (Å²) in [6.07, 6.45) is 0. The van der Waals surface area contributed by atoms with Crippen LogP contribution in [0.5, 0.6) is 0 Å². The molecule has 0 saturated heterocycles. The van der Waals surface area contributed by atoms with E-state index >= 15 is 0 Å². The molecule has 1 heterocycles. The summed E-state index contributed by atoms with van der Waals surface area (Å²) >= 11 is 7.23. The number of likely N-dealkylation sites (N-methyl/N-ethyl adjacent to an activating group) is 1. The Kier molecular flexibility index (Phi) is 6.19. The lowest BCUT2D eigenvalue weighted by atomic mass is 10.3. The molecule has 0 saturated carbocycles. The molecule has 80 valence electrons. The van der Waals surface area contributed by atoms with Crippen LogP contribution in [0, 0.1) is 0 Å². The minimum absolute atomic E-state index is 0.578. The summed E-state index contributed by atoms with van der Waals surface area (Å²) in [5.41, 5.74) is 1.37. The Morgan fingerprint density at radius 2 is 2.36 bits per heavy atom. The standard InChI is InChI=1S/C10H16ClNOS/c1-12(4-6-13-5-3-11)8-10-2-7-14-9-10/h2,7,9H,3-6,8H2,1H3. The van der Waals surface area contributed by atoms with Crippen molar-refractivity contribution < 1.29 is 4.74 Å². The molecule has 0 aliphatic rings. The van der Waals surface area contributed by atoms with E-state index in [4.69, 9.17) is 16.3 Å². The van der Waals surface area contributed by atoms with E-state index in [9.17, 15) is 0 Å². The third-order valence-corrected chi connectivity index (χ3v) is 2.76. The number of hydrogen-bond acceptors (Lipinski definition) is 3. The summed E-state index contributed by atoms with van der Waals surface area (Å²) in [5, 5.41) is 4.28. The molecule has 0 N–H and O–H groups in total. The van der Waals surface area contributed by atoms with Crippen molar-refractivity contribution in [2.75, 3.05) is 32.7 Å². The topological polar surface area (TPSA) is 12.5 Å². The Morgan fingerprint density at radius 3 is 3.00 bits per heavy atom. The van der Waals surface area contributed by atoms with Crippen LogP contribution in [0.25, 0.3) is 0 Å². The van der Waals surface area contributed by atoms with Gasteiger partial charge in [0.15, 0.2) is 0 Å². The highest BCUT2D eigenvalue weighted by atomic mass is 35.5. The van der Waals surface area contributed by atoms with Gasteiger partial charge < -0.3 is 4.74 Å². The minimum Gasteiger partial charge on any atom is -0.379 e. The molecule has 0 spiro atoms. The maximum atomic E-state index is 5.49. The first-order valence-corrected chi connectivity index (χ1v) is 6.14. The van der Waals surface area contributed by atoms with Crippen molar-refractivity contribution in [3.63, 3.8) is 0 Å². The highest BCUT2D eigenvalue weighted by Gasteiger charge is 1.99. The average molecular weight is 234 g/mol. The van der Waals surface area contributed by atoms with Crippen LogP contribution in [-0.2, 0) is 11.3 Å². The fraction of sp³-hybridized carbons (Fsp3) is 0.600. The van der Waals surface area contributed by atoms with E-state index in [0.29, 0.717) is 12.5 Å². The Balaban J connectivity index is 2.07. The molecule has 0 bridgehead atoms. The van der Waals surface area contributed by atoms with Gasteiger partial charge in [0.05, 0.1) is 13.2 Å². The second kappa shape index (κ2) is 7.23. The quantitative estimate of drug-likeness (QED) is 0.530. The van der Waals surface area contributed by atoms with Gasteiger partial charge in [-0.25, -0.2) is 0 Å². The van der Waals surface area contributed by atoms with Crippen LogP contribution in [0.4, 0.5) is 0 Å². The number of nitrogens with zero attached hydrogens (tertiary/aromatic N) is 1. The van der Waals surface area contributed by atoms with Crippen molar-refractivity contribution in [3.8, 4) is 0 Å². The number of ether oxygens (including phenoxy) is 1. The van der Waals surface area contributed by atoms with Gasteiger partial charge in [-0.15, -0.1) is 11.6 Å². The number of alkyl halides is 1. The van der Waals surface area contributed by atoms with Gasteiger partial charge in [-0.3, -0.25) is 4.90 Å². The molecule has 0 fully saturated rings. The van der Waals surface area contributed by atoms with Gasteiger partial charge in [-0.1, -0.05) is 0 Å². The van der Waals surface area contributed by atoms with Gasteiger partial charge in [0, 0.05) is 19.0 Å². The van der Waals surface area contributed by atoms with Gasteiger partial charge in [-0.2, -0.15) is 11.3 Å². The summed E-state index contributed by atoms with van der Waals surface area (Å²) in [7, 11) is 2.10. The van der Waals surface area contributed by atoms with Gasteiger partial charge in [0.2, 0.25) is 0 Å². The van der Waals surface area contributed by atoms with Crippen LogP contribution in [0.3, 0.4) is 0 Å². The van der Waals surface area contributed by atoms with E-state index in [0.717, 1.165) is 19.7 Å². The van der Waals surface area contributed by atoms with Crippen LogP contribution in [0.2, 0.25) is 0 Å². The van der Waals surface area contributed by atoms with Gasteiger partial charge in [0.1, 0.15) is 0 Å². The molecule has 0 aliphatic carbocycles. The summed E-state index contributed by atoms with van der Waals surface area (Å²) in [6, 6.07) is 2.15. The minimum atomic E-state index is 0.578. The van der Waals surface area contributed by atoms with E-state index in [1.54, 1.807) is 11.3 Å². The largest absolute Gasteiger partial charge is 0.379 e. The maximum Gasteiger partial charge on any atom is 0.0602 e. The molecule has 4 heteroatoms. The molecule has 0 aliphatic heterocycles. The lowest BCUT2D eigenvalue weighted by Crippen LogP contribution is -2.22. The van der Waals surface area contributed by atoms with Crippen molar-refractivity contribution in [2.24, 2.45) is 0 Å². The van der Waals surface area contributed by atoms with Gasteiger partial charge in [-0.05, 0) is 29.4 Å². The summed E-state index contributed by atoms with van der Waals surface area (Å²) in [5.74, 6) is 0.578. The molecule has 14 heavy (non-hydrogen) atoms. The van der Waals surface area contributed by atoms with Crippen LogP contribution in [-0.4, -0.2) is 37.6 Å². The lowest BCUT2D eigenvalue weighted by molar-refractivity contribution is 0.122. The summed E-state index contributed by atoms with van der Waals surface area (Å²) in [6.45, 7) is 3.35. The van der Waals surface area contributed by atoms with E-state index in [1.807, 2.05) is 0 Å². The Morgan fingerprint density at radius 1 is 1.50 bits per heavy atom. The fourth-order valence-electron chi connectivity index (χ4n) is 1.15. The number of thiophene rings is 1. The Bertz CT molecular complexity index is 228. The maximum absolute atomic E-state index is 5.49. The van der Waals surface area contributed by atoms with Crippen molar-refractivity contribution >= 4 is 22.9 Å². The summed E-state index contributed by atoms with van der Waals surface area (Å²) < 4.78 is 5.30. The molecule has 2 nitrogen and oxygen atoms in total. The SMILES string of the molecule is CN(CCOCCCl)Cc1ccsc1. The van der Waals surface area contributed by atoms with Crippen molar-refractivity contribution in [1.29, 1.82) is 0 Å². The molecular weight excluding hydrogens is 218 g/mol. The molecule has 0 unspecified atom stereocenters. The first-order chi connectivity index (χ1) is 6.83. The van der Waals surface area contributed by atoms with Gasteiger partial charge >= 0.3 is 0 Å². The van der Waals surface area contributed by atoms with E-state index in [-0.39, 0.29) is 0 Å². The van der Waals surface area contributed by atoms with Crippen LogP contribution in [0.15, 0.2) is 16.8 Å². The van der Waals surface area contributed by atoms with E-state index in [2.05, 4.69) is 28.8 Å². The fourth-order valence-corrected chi connectivity index (χ4v) is 1.92. The molecule has 0 amide bonds. The molecule has 0 aromatic carbocycles. The number of hydrogen-bond donors (Lipinski definition) is 0. The van der Waals surface area contributed by atoms with E-state index in [1.165, 1.54) is 5.56 Å².